The van der Waals surface area contributed by atoms with Gasteiger partial charge < -0.3 is 9.59 Å². The summed E-state index contributed by atoms with van der Waals surface area (Å²) in [6, 6.07) is 0. The van der Waals surface area contributed by atoms with E-state index in [0.717, 1.165) is 25.7 Å². The fraction of sp³-hybridized carbons (Fsp3) is 0.947. The van der Waals surface area contributed by atoms with Gasteiger partial charge in [-0.2, -0.15) is 0 Å². The lowest BCUT2D eigenvalue weighted by molar-refractivity contribution is -0.117. The fourth-order valence-electron chi connectivity index (χ4n) is 5.49. The lowest BCUT2D eigenvalue weighted by atomic mass is 10.0. The molecule has 0 aromatic heterocycles. The molecule has 0 aliphatic heterocycles. The normalized spacial score (nSPS) is 10.9. The van der Waals surface area contributed by atoms with E-state index in [9.17, 15) is 9.59 Å². The fourth-order valence-corrected chi connectivity index (χ4v) is 5.49. The van der Waals surface area contributed by atoms with E-state index in [1.54, 1.807) is 13.8 Å². The predicted octanol–water partition coefficient (Wildman–Crippen LogP) is 13.7. The topological polar surface area (TPSA) is 34.1 Å². The molecule has 0 aliphatic rings. The zero-order valence-electron chi connectivity index (χ0n) is 28.4. The highest BCUT2D eigenvalue weighted by Gasteiger charge is 1.97. The van der Waals surface area contributed by atoms with Crippen molar-refractivity contribution in [3.63, 3.8) is 0 Å². The van der Waals surface area contributed by atoms with Crippen molar-refractivity contribution in [1.29, 1.82) is 0 Å². The van der Waals surface area contributed by atoms with Gasteiger partial charge in [-0.15, -0.1) is 0 Å². The summed E-state index contributed by atoms with van der Waals surface area (Å²) in [6.45, 7) is 7.96. The number of hydrogen-bond acceptors (Lipinski definition) is 2. The Morgan fingerprint density at radius 2 is 0.425 bits per heavy atom. The smallest absolute Gasteiger partial charge is 0.129 e. The van der Waals surface area contributed by atoms with Crippen LogP contribution in [0.3, 0.4) is 0 Å². The largest absolute Gasteiger partial charge is 0.300 e. The van der Waals surface area contributed by atoms with Crippen LogP contribution in [0.2, 0.25) is 0 Å². The lowest BCUT2D eigenvalue weighted by Gasteiger charge is -2.03. The van der Waals surface area contributed by atoms with Crippen molar-refractivity contribution >= 4 is 11.6 Å². The summed E-state index contributed by atoms with van der Waals surface area (Å²) < 4.78 is 0. The Morgan fingerprint density at radius 3 is 0.575 bits per heavy atom. The molecule has 0 N–H and O–H groups in total. The Labute approximate surface area is 254 Å². The number of carbonyl (C=O) groups excluding carboxylic acids is 2. The molecule has 2 nitrogen and oxygen atoms in total. The van der Waals surface area contributed by atoms with E-state index in [4.69, 9.17) is 0 Å². The van der Waals surface area contributed by atoms with Gasteiger partial charge in [-0.1, -0.05) is 194 Å². The first-order valence-electron chi connectivity index (χ1n) is 18.5. The number of hydrogen-bond donors (Lipinski definition) is 0. The highest BCUT2D eigenvalue weighted by atomic mass is 16.1. The van der Waals surface area contributed by atoms with Gasteiger partial charge in [0.1, 0.15) is 11.6 Å². The summed E-state index contributed by atoms with van der Waals surface area (Å²) in [6.07, 6.45) is 43.1. The number of rotatable bonds is 32. The zero-order chi connectivity index (χ0) is 29.8. The summed E-state index contributed by atoms with van der Waals surface area (Å²) in [7, 11) is 0. The second-order valence-corrected chi connectivity index (χ2v) is 12.8. The van der Waals surface area contributed by atoms with Gasteiger partial charge in [0.05, 0.1) is 0 Å². The van der Waals surface area contributed by atoms with Crippen molar-refractivity contribution in [1.82, 2.24) is 0 Å². The van der Waals surface area contributed by atoms with Crippen LogP contribution in [0.5, 0.6) is 0 Å². The summed E-state index contributed by atoms with van der Waals surface area (Å²) in [5, 5.41) is 0. The van der Waals surface area contributed by atoms with Crippen LogP contribution in [0.25, 0.3) is 0 Å². The van der Waals surface area contributed by atoms with E-state index in [-0.39, 0.29) is 0 Å². The molecule has 0 fully saturated rings. The average Bonchev–Trinajstić information content (AvgIpc) is 2.93. The molecule has 0 spiro atoms. The molecule has 0 amide bonds. The standard InChI is InChI=1S/2C19H38O/c2*1-3-4-5-6-7-8-9-10-11-12-13-14-15-16-17-18-19(2)20/h2*3-18H2,1-2H3. The van der Waals surface area contributed by atoms with Gasteiger partial charge in [-0.3, -0.25) is 0 Å². The molecule has 0 heterocycles. The minimum Gasteiger partial charge on any atom is -0.300 e. The second kappa shape index (κ2) is 38.3. The van der Waals surface area contributed by atoms with E-state index in [2.05, 4.69) is 13.8 Å². The van der Waals surface area contributed by atoms with Crippen molar-refractivity contribution in [2.24, 2.45) is 0 Å². The van der Waals surface area contributed by atoms with Crippen LogP contribution < -0.4 is 0 Å². The van der Waals surface area contributed by atoms with Crippen molar-refractivity contribution in [3.8, 4) is 0 Å². The van der Waals surface area contributed by atoms with E-state index in [0.29, 0.717) is 11.6 Å². The summed E-state index contributed by atoms with van der Waals surface area (Å²) in [5.74, 6) is 0.694. The zero-order valence-corrected chi connectivity index (χ0v) is 28.4. The third kappa shape index (κ3) is 44.4. The van der Waals surface area contributed by atoms with Crippen LogP contribution in [0.1, 0.15) is 233 Å². The Bertz CT molecular complexity index is 440. The number of ketones is 2. The maximum absolute atomic E-state index is 10.8. The lowest BCUT2D eigenvalue weighted by Crippen LogP contribution is -1.89. The SMILES string of the molecule is CCCCCCCCCCCCCCCCCC(C)=O.CCCCCCCCCCCCCCCCCC(C)=O. The Kier molecular flexibility index (Phi) is 39.8. The van der Waals surface area contributed by atoms with Crippen LogP contribution >= 0.6 is 0 Å². The molecule has 40 heavy (non-hydrogen) atoms. The minimum absolute atomic E-state index is 0.347. The maximum atomic E-state index is 10.8. The van der Waals surface area contributed by atoms with Gasteiger partial charge in [0.25, 0.3) is 0 Å². The first kappa shape index (κ1) is 41.5. The highest BCUT2D eigenvalue weighted by Crippen LogP contribution is 2.15. The first-order valence-corrected chi connectivity index (χ1v) is 18.5. The summed E-state index contributed by atoms with van der Waals surface area (Å²) in [4.78, 5) is 21.6. The molecule has 0 saturated heterocycles. The maximum Gasteiger partial charge on any atom is 0.129 e. The van der Waals surface area contributed by atoms with Crippen LogP contribution in [-0.4, -0.2) is 11.6 Å². The first-order chi connectivity index (χ1) is 19.5. The Balaban J connectivity index is 0. The summed E-state index contributed by atoms with van der Waals surface area (Å²) in [5.41, 5.74) is 0. The van der Waals surface area contributed by atoms with Crippen LogP contribution in [-0.2, 0) is 9.59 Å². The molecule has 240 valence electrons. The molecule has 0 saturated carbocycles. The molecule has 0 radical (unpaired) electrons. The third-order valence-corrected chi connectivity index (χ3v) is 8.26. The molecule has 0 aromatic carbocycles. The molecule has 0 atom stereocenters. The molecular weight excluding hydrogens is 488 g/mol. The Hall–Kier alpha value is -0.660. The van der Waals surface area contributed by atoms with E-state index in [1.165, 1.54) is 180 Å². The predicted molar refractivity (Wildman–Crippen MR) is 180 cm³/mol. The molecule has 0 bridgehead atoms. The molecule has 0 rings (SSSR count). The Morgan fingerprint density at radius 1 is 0.275 bits per heavy atom. The van der Waals surface area contributed by atoms with Crippen molar-refractivity contribution < 1.29 is 9.59 Å². The van der Waals surface area contributed by atoms with Crippen LogP contribution in [0, 0.1) is 0 Å². The molecular formula is C38H76O2. The van der Waals surface area contributed by atoms with Gasteiger partial charge in [0.15, 0.2) is 0 Å². The van der Waals surface area contributed by atoms with E-state index < -0.39 is 0 Å². The van der Waals surface area contributed by atoms with Gasteiger partial charge in [-0.05, 0) is 26.7 Å². The highest BCUT2D eigenvalue weighted by molar-refractivity contribution is 5.75. The molecule has 0 aliphatic carbocycles. The van der Waals surface area contributed by atoms with E-state index >= 15 is 0 Å². The quantitative estimate of drug-likeness (QED) is 0.0761. The number of Topliss-reactive ketones (excluding diaryl/α,β-unsaturated/α-hetero) is 2. The van der Waals surface area contributed by atoms with Crippen molar-refractivity contribution in [2.45, 2.75) is 233 Å². The van der Waals surface area contributed by atoms with Crippen molar-refractivity contribution in [2.75, 3.05) is 0 Å². The third-order valence-electron chi connectivity index (χ3n) is 8.26. The van der Waals surface area contributed by atoms with Crippen LogP contribution in [0.4, 0.5) is 0 Å². The van der Waals surface area contributed by atoms with Gasteiger partial charge >= 0.3 is 0 Å². The van der Waals surface area contributed by atoms with Crippen LogP contribution in [0.15, 0.2) is 0 Å². The van der Waals surface area contributed by atoms with Gasteiger partial charge in [0.2, 0.25) is 0 Å². The molecule has 0 unspecified atom stereocenters. The van der Waals surface area contributed by atoms with Gasteiger partial charge in [0, 0.05) is 12.8 Å². The average molecular weight is 565 g/mol. The minimum atomic E-state index is 0.347. The van der Waals surface area contributed by atoms with Crippen molar-refractivity contribution in [3.05, 3.63) is 0 Å². The number of carbonyl (C=O) groups is 2. The molecule has 0 aromatic rings. The monoisotopic (exact) mass is 565 g/mol. The molecule has 2 heteroatoms. The number of unbranched alkanes of at least 4 members (excludes halogenated alkanes) is 28. The second-order valence-electron chi connectivity index (χ2n) is 12.8. The van der Waals surface area contributed by atoms with E-state index in [1.807, 2.05) is 0 Å². The summed E-state index contributed by atoms with van der Waals surface area (Å²) >= 11 is 0. The van der Waals surface area contributed by atoms with Gasteiger partial charge in [-0.25, -0.2) is 0 Å².